The third kappa shape index (κ3) is 5.09. The Morgan fingerprint density at radius 3 is 2.29 bits per heavy atom. The van der Waals surface area contributed by atoms with Crippen LogP contribution in [0.25, 0.3) is 5.69 Å². The number of carbonyl (C=O) groups excluding carboxylic acids is 2. The van der Waals surface area contributed by atoms with Crippen LogP contribution in [-0.2, 0) is 4.74 Å². The van der Waals surface area contributed by atoms with Crippen molar-refractivity contribution in [1.29, 1.82) is 0 Å². The standard InChI is InChI=1S/C25H24N6O3/c1-4-34-24(33)21-15-26-31(20-8-6-5-7-9-20)22(21)30-23(32)18-10-12-19(13-11-18)29-25-27-16(2)14-17(3)28-25/h5-15H,4H2,1-3H3,(H,30,32)(H,27,28,29). The van der Waals surface area contributed by atoms with Gasteiger partial charge in [-0.25, -0.2) is 19.4 Å². The van der Waals surface area contributed by atoms with E-state index in [1.54, 1.807) is 31.2 Å². The minimum Gasteiger partial charge on any atom is -0.462 e. The summed E-state index contributed by atoms with van der Waals surface area (Å²) in [6.45, 7) is 5.73. The van der Waals surface area contributed by atoms with Crippen molar-refractivity contribution in [2.24, 2.45) is 0 Å². The Hall–Kier alpha value is -4.53. The molecule has 172 valence electrons. The fraction of sp³-hybridized carbons (Fsp3) is 0.160. The fourth-order valence-corrected chi connectivity index (χ4v) is 3.39. The minimum absolute atomic E-state index is 0.171. The zero-order valence-electron chi connectivity index (χ0n) is 19.1. The monoisotopic (exact) mass is 456 g/mol. The van der Waals surface area contributed by atoms with Crippen LogP contribution in [0.1, 0.15) is 39.0 Å². The molecule has 0 aliphatic heterocycles. The average molecular weight is 457 g/mol. The van der Waals surface area contributed by atoms with Gasteiger partial charge in [0.1, 0.15) is 5.56 Å². The molecule has 4 aromatic rings. The Bertz CT molecular complexity index is 1300. The molecule has 9 heteroatoms. The maximum atomic E-state index is 13.0. The van der Waals surface area contributed by atoms with E-state index in [-0.39, 0.29) is 18.0 Å². The summed E-state index contributed by atoms with van der Waals surface area (Å²) >= 11 is 0. The van der Waals surface area contributed by atoms with Crippen molar-refractivity contribution in [3.05, 3.63) is 89.4 Å². The van der Waals surface area contributed by atoms with Crippen LogP contribution in [0.2, 0.25) is 0 Å². The van der Waals surface area contributed by atoms with Crippen LogP contribution < -0.4 is 10.6 Å². The van der Waals surface area contributed by atoms with Gasteiger partial charge in [0.15, 0.2) is 5.82 Å². The van der Waals surface area contributed by atoms with Crippen molar-refractivity contribution < 1.29 is 14.3 Å². The number of aryl methyl sites for hydroxylation is 2. The molecule has 2 aromatic carbocycles. The molecule has 9 nitrogen and oxygen atoms in total. The lowest BCUT2D eigenvalue weighted by atomic mass is 10.2. The van der Waals surface area contributed by atoms with Crippen LogP contribution in [-0.4, -0.2) is 38.2 Å². The third-order valence-corrected chi connectivity index (χ3v) is 4.88. The predicted octanol–water partition coefficient (Wildman–Crippen LogP) is 4.45. The molecule has 0 aliphatic carbocycles. The molecule has 0 saturated carbocycles. The van der Waals surface area contributed by atoms with Crippen molar-refractivity contribution in [3.63, 3.8) is 0 Å². The maximum Gasteiger partial charge on any atom is 0.343 e. The highest BCUT2D eigenvalue weighted by atomic mass is 16.5. The molecule has 2 N–H and O–H groups in total. The Kier molecular flexibility index (Phi) is 6.63. The van der Waals surface area contributed by atoms with Crippen molar-refractivity contribution in [2.45, 2.75) is 20.8 Å². The summed E-state index contributed by atoms with van der Waals surface area (Å²) in [6.07, 6.45) is 1.39. The predicted molar refractivity (Wildman–Crippen MR) is 129 cm³/mol. The van der Waals surface area contributed by atoms with Gasteiger partial charge in [0.25, 0.3) is 5.91 Å². The van der Waals surface area contributed by atoms with E-state index < -0.39 is 11.9 Å². The van der Waals surface area contributed by atoms with E-state index in [0.717, 1.165) is 17.1 Å². The van der Waals surface area contributed by atoms with Crippen molar-refractivity contribution in [2.75, 3.05) is 17.2 Å². The molecule has 2 aromatic heterocycles. The molecule has 4 rings (SSSR count). The number of hydrogen-bond donors (Lipinski definition) is 2. The van der Waals surface area contributed by atoms with Gasteiger partial charge < -0.3 is 15.4 Å². The summed E-state index contributed by atoms with van der Waals surface area (Å²) in [4.78, 5) is 34.2. The minimum atomic E-state index is -0.562. The van der Waals surface area contributed by atoms with Gasteiger partial charge in [0.05, 0.1) is 18.5 Å². The van der Waals surface area contributed by atoms with Gasteiger partial charge in [-0.05, 0) is 63.2 Å². The summed E-state index contributed by atoms with van der Waals surface area (Å²) in [5.74, 6) is -0.230. The molecule has 1 amide bonds. The molecule has 0 aliphatic rings. The first-order valence-electron chi connectivity index (χ1n) is 10.8. The number of nitrogens with zero attached hydrogens (tertiary/aromatic N) is 4. The van der Waals surface area contributed by atoms with Crippen molar-refractivity contribution in [1.82, 2.24) is 19.7 Å². The van der Waals surface area contributed by atoms with Crippen LogP contribution in [0.15, 0.2) is 66.9 Å². The SMILES string of the molecule is CCOC(=O)c1cnn(-c2ccccc2)c1NC(=O)c1ccc(Nc2nc(C)cc(C)n2)cc1. The zero-order chi connectivity index (χ0) is 24.1. The molecule has 0 bridgehead atoms. The number of anilines is 3. The van der Waals surface area contributed by atoms with Crippen molar-refractivity contribution in [3.8, 4) is 5.69 Å². The van der Waals surface area contributed by atoms with E-state index in [4.69, 9.17) is 4.74 Å². The Labute approximate surface area is 196 Å². The first kappa shape index (κ1) is 22.7. The van der Waals surface area contributed by atoms with Crippen LogP contribution >= 0.6 is 0 Å². The molecule has 2 heterocycles. The third-order valence-electron chi connectivity index (χ3n) is 4.88. The number of amides is 1. The molecule has 0 spiro atoms. The van der Waals surface area contributed by atoms with Crippen LogP contribution in [0.5, 0.6) is 0 Å². The van der Waals surface area contributed by atoms with E-state index in [9.17, 15) is 9.59 Å². The molecular weight excluding hydrogens is 432 g/mol. The quantitative estimate of drug-likeness (QED) is 0.395. The summed E-state index contributed by atoms with van der Waals surface area (Å²) < 4.78 is 6.63. The van der Waals surface area contributed by atoms with Crippen molar-refractivity contribution >= 4 is 29.3 Å². The Balaban J connectivity index is 1.57. The smallest absolute Gasteiger partial charge is 0.343 e. The van der Waals surface area contributed by atoms with Crippen LogP contribution in [0.4, 0.5) is 17.5 Å². The topological polar surface area (TPSA) is 111 Å². The number of esters is 1. The first-order valence-corrected chi connectivity index (χ1v) is 10.8. The highest BCUT2D eigenvalue weighted by molar-refractivity contribution is 6.07. The lowest BCUT2D eigenvalue weighted by Gasteiger charge is -2.12. The maximum absolute atomic E-state index is 13.0. The van der Waals surface area contributed by atoms with Gasteiger partial charge in [0, 0.05) is 22.6 Å². The number of para-hydroxylation sites is 1. The Morgan fingerprint density at radius 1 is 0.971 bits per heavy atom. The summed E-state index contributed by atoms with van der Waals surface area (Å²) in [5, 5.41) is 10.2. The summed E-state index contributed by atoms with van der Waals surface area (Å²) in [7, 11) is 0. The number of benzene rings is 2. The number of nitrogens with one attached hydrogen (secondary N) is 2. The fourth-order valence-electron chi connectivity index (χ4n) is 3.39. The van der Waals surface area contributed by atoms with Gasteiger partial charge in [0.2, 0.25) is 5.95 Å². The summed E-state index contributed by atoms with van der Waals surface area (Å²) in [6, 6.07) is 18.0. The molecule has 34 heavy (non-hydrogen) atoms. The van der Waals surface area contributed by atoms with Gasteiger partial charge in [-0.1, -0.05) is 18.2 Å². The summed E-state index contributed by atoms with van der Waals surface area (Å²) in [5.41, 5.74) is 3.73. The lowest BCUT2D eigenvalue weighted by Crippen LogP contribution is -2.18. The van der Waals surface area contributed by atoms with E-state index in [1.807, 2.05) is 50.2 Å². The Morgan fingerprint density at radius 2 is 1.65 bits per heavy atom. The number of rotatable bonds is 7. The highest BCUT2D eigenvalue weighted by Crippen LogP contribution is 2.23. The second kappa shape index (κ2) is 9.95. The second-order valence-electron chi connectivity index (χ2n) is 7.51. The first-order chi connectivity index (χ1) is 16.4. The molecule has 0 atom stereocenters. The van der Waals surface area contributed by atoms with Gasteiger partial charge >= 0.3 is 5.97 Å². The van der Waals surface area contributed by atoms with Gasteiger partial charge in [-0.2, -0.15) is 5.10 Å². The zero-order valence-corrected chi connectivity index (χ0v) is 19.1. The van der Waals surface area contributed by atoms with Crippen LogP contribution in [0.3, 0.4) is 0 Å². The van der Waals surface area contributed by atoms with E-state index in [0.29, 0.717) is 17.2 Å². The van der Waals surface area contributed by atoms with E-state index >= 15 is 0 Å². The molecule has 0 fully saturated rings. The van der Waals surface area contributed by atoms with E-state index in [1.165, 1.54) is 10.9 Å². The van der Waals surface area contributed by atoms with Gasteiger partial charge in [-0.3, -0.25) is 4.79 Å². The number of ether oxygens (including phenoxy) is 1. The van der Waals surface area contributed by atoms with E-state index in [2.05, 4.69) is 25.7 Å². The lowest BCUT2D eigenvalue weighted by molar-refractivity contribution is 0.0527. The number of aromatic nitrogens is 4. The molecule has 0 unspecified atom stereocenters. The molecule has 0 saturated heterocycles. The molecule has 0 radical (unpaired) electrons. The number of carbonyl (C=O) groups is 2. The van der Waals surface area contributed by atoms with Gasteiger partial charge in [-0.15, -0.1) is 0 Å². The van der Waals surface area contributed by atoms with Crippen LogP contribution in [0, 0.1) is 13.8 Å². The highest BCUT2D eigenvalue weighted by Gasteiger charge is 2.22. The average Bonchev–Trinajstić information content (AvgIpc) is 3.23. The molecular formula is C25H24N6O3. The number of hydrogen-bond acceptors (Lipinski definition) is 7. The normalized spacial score (nSPS) is 10.6. The largest absolute Gasteiger partial charge is 0.462 e. The second-order valence-corrected chi connectivity index (χ2v) is 7.51.